The van der Waals surface area contributed by atoms with E-state index < -0.39 is 0 Å². The number of aliphatic hydroxyl groups excluding tert-OH is 1. The molecule has 0 saturated carbocycles. The number of fused-ring (bicyclic) bond motifs is 1. The molecule has 0 amide bonds. The second-order valence-corrected chi connectivity index (χ2v) is 6.24. The summed E-state index contributed by atoms with van der Waals surface area (Å²) in [7, 11) is 0. The maximum Gasteiger partial charge on any atom is 0.203 e. The number of imidazole rings is 1. The first kappa shape index (κ1) is 16.0. The van der Waals surface area contributed by atoms with E-state index in [0.717, 1.165) is 69.0 Å². The smallest absolute Gasteiger partial charge is 0.203 e. The molecule has 23 heavy (non-hydrogen) atoms. The van der Waals surface area contributed by atoms with E-state index in [-0.39, 0.29) is 6.10 Å². The molecule has 1 aromatic carbocycles. The largest absolute Gasteiger partial charge is 0.392 e. The molecule has 1 aliphatic heterocycles. The van der Waals surface area contributed by atoms with Crippen molar-refractivity contribution in [2.45, 2.75) is 25.4 Å². The van der Waals surface area contributed by atoms with Gasteiger partial charge in [-0.2, -0.15) is 0 Å². The Kier molecular flexibility index (Phi) is 5.31. The third kappa shape index (κ3) is 4.12. The second kappa shape index (κ2) is 7.62. The van der Waals surface area contributed by atoms with Gasteiger partial charge in [0.05, 0.1) is 17.1 Å². The van der Waals surface area contributed by atoms with Crippen LogP contribution in [0, 0.1) is 0 Å². The molecule has 1 atom stereocenters. The molecule has 124 valence electrons. The molecule has 5 heteroatoms. The van der Waals surface area contributed by atoms with Gasteiger partial charge >= 0.3 is 0 Å². The summed E-state index contributed by atoms with van der Waals surface area (Å²) in [6.07, 6.45) is 4.37. The summed E-state index contributed by atoms with van der Waals surface area (Å²) in [5.41, 5.74) is 2.10. The summed E-state index contributed by atoms with van der Waals surface area (Å²) in [5, 5.41) is 10.1. The molecule has 2 heterocycles. The summed E-state index contributed by atoms with van der Waals surface area (Å²) in [4.78, 5) is 12.8. The van der Waals surface area contributed by atoms with Crippen molar-refractivity contribution in [1.29, 1.82) is 0 Å². The van der Waals surface area contributed by atoms with E-state index in [1.807, 2.05) is 24.3 Å². The number of para-hydroxylation sites is 2. The number of hydrogen-bond donors (Lipinski definition) is 2. The number of nitrogens with one attached hydrogen (secondary N) is 1. The molecule has 0 bridgehead atoms. The third-order valence-corrected chi connectivity index (χ3v) is 4.44. The van der Waals surface area contributed by atoms with Crippen molar-refractivity contribution in [2.75, 3.05) is 37.6 Å². The Morgan fingerprint density at radius 2 is 2.13 bits per heavy atom. The predicted octanol–water partition coefficient (Wildman–Crippen LogP) is 2.40. The number of allylic oxidation sites excluding steroid dienone is 1. The van der Waals surface area contributed by atoms with E-state index in [0.29, 0.717) is 0 Å². The van der Waals surface area contributed by atoms with Crippen LogP contribution in [-0.2, 0) is 0 Å². The van der Waals surface area contributed by atoms with E-state index >= 15 is 0 Å². The monoisotopic (exact) mass is 314 g/mol. The number of nitrogens with zero attached hydrogens (tertiary/aromatic N) is 3. The maximum atomic E-state index is 10.1. The lowest BCUT2D eigenvalue weighted by Crippen LogP contribution is -2.36. The van der Waals surface area contributed by atoms with E-state index in [9.17, 15) is 5.11 Å². The number of anilines is 1. The van der Waals surface area contributed by atoms with Gasteiger partial charge in [0.25, 0.3) is 0 Å². The van der Waals surface area contributed by atoms with Gasteiger partial charge in [-0.1, -0.05) is 18.2 Å². The van der Waals surface area contributed by atoms with Crippen molar-refractivity contribution in [3.05, 3.63) is 36.9 Å². The number of aromatic nitrogens is 2. The fraction of sp³-hybridized carbons (Fsp3) is 0.500. The number of aliphatic hydroxyl groups is 1. The summed E-state index contributed by atoms with van der Waals surface area (Å²) >= 11 is 0. The average molecular weight is 314 g/mol. The Labute approximate surface area is 137 Å². The topological polar surface area (TPSA) is 55.4 Å². The summed E-state index contributed by atoms with van der Waals surface area (Å²) in [5.74, 6) is 0.959. The summed E-state index contributed by atoms with van der Waals surface area (Å²) in [6.45, 7) is 8.39. The lowest BCUT2D eigenvalue weighted by atomic mass is 10.2. The van der Waals surface area contributed by atoms with Crippen LogP contribution >= 0.6 is 0 Å². The number of H-pyrrole nitrogens is 1. The molecule has 1 aromatic heterocycles. The quantitative estimate of drug-likeness (QED) is 0.804. The lowest BCUT2D eigenvalue weighted by molar-refractivity contribution is 0.110. The highest BCUT2D eigenvalue weighted by Gasteiger charge is 2.19. The number of β-amino-alcohol motifs (C(OH)–C–C–N with tert-alkyl or cyclic N) is 1. The maximum absolute atomic E-state index is 10.1. The van der Waals surface area contributed by atoms with Gasteiger partial charge < -0.3 is 15.0 Å². The van der Waals surface area contributed by atoms with Crippen molar-refractivity contribution < 1.29 is 5.11 Å². The van der Waals surface area contributed by atoms with Crippen molar-refractivity contribution in [3.63, 3.8) is 0 Å². The van der Waals surface area contributed by atoms with Crippen LogP contribution in [0.1, 0.15) is 19.3 Å². The Balaban J connectivity index is 1.58. The van der Waals surface area contributed by atoms with E-state index in [1.165, 1.54) is 0 Å². The molecule has 0 unspecified atom stereocenters. The van der Waals surface area contributed by atoms with Crippen LogP contribution < -0.4 is 4.90 Å². The molecule has 0 radical (unpaired) electrons. The molecule has 1 saturated heterocycles. The number of hydrogen-bond acceptors (Lipinski definition) is 4. The van der Waals surface area contributed by atoms with Crippen LogP contribution in [0.3, 0.4) is 0 Å². The fourth-order valence-electron chi connectivity index (χ4n) is 3.15. The van der Waals surface area contributed by atoms with Crippen LogP contribution in [0.25, 0.3) is 11.0 Å². The van der Waals surface area contributed by atoms with Crippen molar-refractivity contribution >= 4 is 17.0 Å². The van der Waals surface area contributed by atoms with Gasteiger partial charge in [0.1, 0.15) is 0 Å². The highest BCUT2D eigenvalue weighted by atomic mass is 16.3. The first-order chi connectivity index (χ1) is 11.3. The van der Waals surface area contributed by atoms with Crippen LogP contribution in [0.15, 0.2) is 36.9 Å². The van der Waals surface area contributed by atoms with Crippen LogP contribution in [0.5, 0.6) is 0 Å². The second-order valence-electron chi connectivity index (χ2n) is 6.24. The summed E-state index contributed by atoms with van der Waals surface area (Å²) in [6, 6.07) is 8.14. The Bertz CT molecular complexity index is 606. The minimum atomic E-state index is -0.259. The number of aromatic amines is 1. The van der Waals surface area contributed by atoms with Gasteiger partial charge in [-0.05, 0) is 37.9 Å². The van der Waals surface area contributed by atoms with Crippen molar-refractivity contribution in [1.82, 2.24) is 14.9 Å². The van der Waals surface area contributed by atoms with Gasteiger partial charge in [-0.15, -0.1) is 6.58 Å². The zero-order valence-corrected chi connectivity index (χ0v) is 13.6. The molecule has 0 spiro atoms. The Morgan fingerprint density at radius 3 is 2.96 bits per heavy atom. The van der Waals surface area contributed by atoms with E-state index in [2.05, 4.69) is 27.4 Å². The van der Waals surface area contributed by atoms with Gasteiger partial charge in [-0.3, -0.25) is 4.90 Å². The Hall–Kier alpha value is -1.85. The highest BCUT2D eigenvalue weighted by Crippen LogP contribution is 2.18. The molecule has 2 N–H and O–H groups in total. The molecule has 1 fully saturated rings. The lowest BCUT2D eigenvalue weighted by Gasteiger charge is -2.23. The van der Waals surface area contributed by atoms with Gasteiger partial charge in [0.15, 0.2) is 0 Å². The van der Waals surface area contributed by atoms with Crippen LogP contribution in [0.2, 0.25) is 0 Å². The summed E-state index contributed by atoms with van der Waals surface area (Å²) < 4.78 is 0. The fourth-order valence-corrected chi connectivity index (χ4v) is 3.15. The molecule has 3 rings (SSSR count). The molecule has 1 aliphatic rings. The molecule has 2 aromatic rings. The number of rotatable bonds is 6. The molecular weight excluding hydrogens is 288 g/mol. The van der Waals surface area contributed by atoms with E-state index in [1.54, 1.807) is 0 Å². The molecule has 5 nitrogen and oxygen atoms in total. The minimum Gasteiger partial charge on any atom is -0.392 e. The number of benzene rings is 1. The standard InChI is InChI=1S/C18H26N4O/c1-2-3-7-15(23)14-21-10-6-11-22(13-12-21)18-19-16-8-4-5-9-17(16)20-18/h2,4-5,8-9,15,23H,1,3,6-7,10-14H2,(H,19,20)/t15-/m1/s1. The first-order valence-corrected chi connectivity index (χ1v) is 8.47. The van der Waals surface area contributed by atoms with Gasteiger partial charge in [-0.25, -0.2) is 4.98 Å². The normalized spacial score (nSPS) is 18.0. The minimum absolute atomic E-state index is 0.259. The molecule has 0 aliphatic carbocycles. The zero-order valence-electron chi connectivity index (χ0n) is 13.6. The van der Waals surface area contributed by atoms with Crippen molar-refractivity contribution in [2.24, 2.45) is 0 Å². The SMILES string of the molecule is C=CCC[C@@H](O)CN1CCCN(c2nc3ccccc3[nH]2)CC1. The van der Waals surface area contributed by atoms with Crippen LogP contribution in [0.4, 0.5) is 5.95 Å². The molecular formula is C18H26N4O. The first-order valence-electron chi connectivity index (χ1n) is 8.47. The Morgan fingerprint density at radius 1 is 1.26 bits per heavy atom. The van der Waals surface area contributed by atoms with Crippen molar-refractivity contribution in [3.8, 4) is 0 Å². The average Bonchev–Trinajstić information content (AvgIpc) is 2.86. The highest BCUT2D eigenvalue weighted by molar-refractivity contribution is 5.77. The van der Waals surface area contributed by atoms with E-state index in [4.69, 9.17) is 4.98 Å². The zero-order chi connectivity index (χ0) is 16.1. The predicted molar refractivity (Wildman–Crippen MR) is 94.8 cm³/mol. The van der Waals surface area contributed by atoms with Gasteiger partial charge in [0, 0.05) is 26.2 Å². The van der Waals surface area contributed by atoms with Gasteiger partial charge in [0.2, 0.25) is 5.95 Å². The van der Waals surface area contributed by atoms with Crippen LogP contribution in [-0.4, -0.2) is 58.8 Å². The third-order valence-electron chi connectivity index (χ3n) is 4.44.